The van der Waals surface area contributed by atoms with Crippen LogP contribution >= 0.6 is 0 Å². The predicted molar refractivity (Wildman–Crippen MR) is 110 cm³/mol. The molecular formula is C21H32N4O4. The second kappa shape index (κ2) is 8.47. The summed E-state index contributed by atoms with van der Waals surface area (Å²) >= 11 is 0. The number of hydrogen-bond donors (Lipinski definition) is 3. The van der Waals surface area contributed by atoms with Crippen LogP contribution in [0.5, 0.6) is 5.75 Å². The summed E-state index contributed by atoms with van der Waals surface area (Å²) in [5, 5.41) is 23.6. The van der Waals surface area contributed by atoms with E-state index in [0.29, 0.717) is 30.9 Å². The van der Waals surface area contributed by atoms with Crippen molar-refractivity contribution in [2.24, 2.45) is 0 Å². The highest BCUT2D eigenvalue weighted by molar-refractivity contribution is 5.89. The van der Waals surface area contributed by atoms with Crippen molar-refractivity contribution in [3.63, 3.8) is 0 Å². The van der Waals surface area contributed by atoms with Crippen LogP contribution in [0.1, 0.15) is 19.3 Å². The average molecular weight is 405 g/mol. The molecule has 8 nitrogen and oxygen atoms in total. The number of carbonyl (C=O) groups is 1. The van der Waals surface area contributed by atoms with Crippen LogP contribution in [0, 0.1) is 0 Å². The summed E-state index contributed by atoms with van der Waals surface area (Å²) in [5.74, 6) is 0.812. The Morgan fingerprint density at radius 2 is 1.83 bits per heavy atom. The number of carbonyl (C=O) groups excluding carboxylic acids is 1. The van der Waals surface area contributed by atoms with E-state index in [1.165, 1.54) is 0 Å². The Balaban J connectivity index is 1.37. The number of β-amino-alcohol motifs (C(OH)–C–C–N with tert-alkyl or cyclic N) is 1. The predicted octanol–water partition coefficient (Wildman–Crippen LogP) is 0.802. The molecule has 2 saturated heterocycles. The van der Waals surface area contributed by atoms with Gasteiger partial charge in [0.15, 0.2) is 0 Å². The van der Waals surface area contributed by atoms with E-state index in [0.717, 1.165) is 31.6 Å². The van der Waals surface area contributed by atoms with E-state index < -0.39 is 12.2 Å². The van der Waals surface area contributed by atoms with Gasteiger partial charge in [-0.25, -0.2) is 4.79 Å². The van der Waals surface area contributed by atoms with Crippen LogP contribution in [0.15, 0.2) is 24.3 Å². The molecule has 2 aliphatic heterocycles. The van der Waals surface area contributed by atoms with Crippen LogP contribution in [-0.4, -0.2) is 102 Å². The van der Waals surface area contributed by atoms with E-state index in [-0.39, 0.29) is 18.6 Å². The monoisotopic (exact) mass is 404 g/mol. The largest absolute Gasteiger partial charge is 0.490 e. The Bertz CT molecular complexity index is 709. The molecule has 0 bridgehead atoms. The molecule has 29 heavy (non-hydrogen) atoms. The molecule has 1 saturated carbocycles. The van der Waals surface area contributed by atoms with E-state index in [9.17, 15) is 15.0 Å². The van der Waals surface area contributed by atoms with Gasteiger partial charge < -0.3 is 30.1 Å². The van der Waals surface area contributed by atoms with Crippen molar-refractivity contribution < 1.29 is 19.7 Å². The zero-order valence-electron chi connectivity index (χ0n) is 17.2. The molecule has 2 heterocycles. The van der Waals surface area contributed by atoms with Crippen LogP contribution in [0.2, 0.25) is 0 Å². The molecule has 0 spiro atoms. The number of benzene rings is 1. The highest BCUT2D eigenvalue weighted by atomic mass is 16.5. The summed E-state index contributed by atoms with van der Waals surface area (Å²) in [4.78, 5) is 18.8. The summed E-state index contributed by atoms with van der Waals surface area (Å²) in [6, 6.07) is 7.67. The van der Waals surface area contributed by atoms with Crippen molar-refractivity contribution in [3.8, 4) is 5.75 Å². The van der Waals surface area contributed by atoms with Gasteiger partial charge in [0.2, 0.25) is 0 Å². The number of fused-ring (bicyclic) bond motifs is 1. The fraction of sp³-hybridized carbons (Fsp3) is 0.667. The number of aliphatic hydroxyl groups excluding tert-OH is 2. The molecule has 0 radical (unpaired) electrons. The van der Waals surface area contributed by atoms with E-state index in [1.807, 2.05) is 38.4 Å². The second-order valence-corrected chi connectivity index (χ2v) is 8.81. The zero-order chi connectivity index (χ0) is 20.5. The maximum absolute atomic E-state index is 12.9. The third-order valence-electron chi connectivity index (χ3n) is 5.96. The van der Waals surface area contributed by atoms with E-state index in [2.05, 4.69) is 15.1 Å². The van der Waals surface area contributed by atoms with Gasteiger partial charge in [0.05, 0.1) is 24.9 Å². The van der Waals surface area contributed by atoms with E-state index >= 15 is 0 Å². The summed E-state index contributed by atoms with van der Waals surface area (Å²) in [7, 11) is 4.06. The molecule has 1 aliphatic carbocycles. The molecule has 3 aliphatic rings. The van der Waals surface area contributed by atoms with Gasteiger partial charge in [-0.15, -0.1) is 0 Å². The molecular weight excluding hydrogens is 372 g/mol. The minimum Gasteiger partial charge on any atom is -0.490 e. The van der Waals surface area contributed by atoms with Crippen LogP contribution < -0.4 is 10.1 Å². The SMILES string of the molecule is CN(C)C[C@@H]1C[C@@H]2CN(C(=O)Nc3ccc(OC4CC4)cc3)CC(O)C(O)CN21. The van der Waals surface area contributed by atoms with E-state index in [4.69, 9.17) is 4.74 Å². The Kier molecular flexibility index (Phi) is 5.96. The molecule has 0 aromatic heterocycles. The lowest BCUT2D eigenvalue weighted by Crippen LogP contribution is -2.67. The lowest BCUT2D eigenvalue weighted by Gasteiger charge is -2.53. The van der Waals surface area contributed by atoms with E-state index in [1.54, 1.807) is 4.90 Å². The first-order valence-corrected chi connectivity index (χ1v) is 10.5. The Morgan fingerprint density at radius 1 is 1.14 bits per heavy atom. The molecule has 3 N–H and O–H groups in total. The minimum absolute atomic E-state index is 0.124. The molecule has 8 heteroatoms. The number of urea groups is 1. The molecule has 2 amide bonds. The number of hydrogen-bond acceptors (Lipinski definition) is 6. The third-order valence-corrected chi connectivity index (χ3v) is 5.96. The standard InChI is InChI=1S/C21H32N4O4/c1-23(2)10-15-9-16-11-24(12-19(26)20(27)13-25(15)16)21(28)22-14-3-5-17(6-4-14)29-18-7-8-18/h3-6,15-16,18-20,26-27H,7-13H2,1-2H3,(H,22,28)/t15-,16+,19?,20?/m0/s1. The lowest BCUT2D eigenvalue weighted by atomic mass is 9.89. The van der Waals surface area contributed by atoms with Crippen LogP contribution in [0.25, 0.3) is 0 Å². The van der Waals surface area contributed by atoms with Crippen molar-refractivity contribution in [1.82, 2.24) is 14.7 Å². The molecule has 1 aromatic carbocycles. The number of anilines is 1. The minimum atomic E-state index is -0.961. The second-order valence-electron chi connectivity index (χ2n) is 8.81. The summed E-state index contributed by atoms with van der Waals surface area (Å²) in [6.45, 7) is 2.02. The number of likely N-dealkylation sites (N-methyl/N-ethyl adjacent to an activating group) is 1. The highest BCUT2D eigenvalue weighted by Crippen LogP contribution is 2.30. The number of nitrogens with one attached hydrogen (secondary N) is 1. The van der Waals surface area contributed by atoms with Gasteiger partial charge in [0.25, 0.3) is 0 Å². The summed E-state index contributed by atoms with van der Waals surface area (Å²) in [6.07, 6.45) is 1.71. The van der Waals surface area contributed by atoms with Crippen molar-refractivity contribution in [3.05, 3.63) is 24.3 Å². The van der Waals surface area contributed by atoms with Gasteiger partial charge in [-0.05, 0) is 57.6 Å². The fourth-order valence-electron chi connectivity index (χ4n) is 4.20. The number of amides is 2. The molecule has 3 fully saturated rings. The maximum atomic E-state index is 12.9. The van der Waals surface area contributed by atoms with Gasteiger partial charge in [-0.2, -0.15) is 0 Å². The van der Waals surface area contributed by atoms with Crippen molar-refractivity contribution in [2.75, 3.05) is 45.6 Å². The topological polar surface area (TPSA) is 88.5 Å². The van der Waals surface area contributed by atoms with Gasteiger partial charge in [0, 0.05) is 37.4 Å². The van der Waals surface area contributed by atoms with Gasteiger partial charge in [0.1, 0.15) is 5.75 Å². The smallest absolute Gasteiger partial charge is 0.321 e. The highest BCUT2D eigenvalue weighted by Gasteiger charge is 2.43. The van der Waals surface area contributed by atoms with Gasteiger partial charge >= 0.3 is 6.03 Å². The first-order chi connectivity index (χ1) is 13.9. The molecule has 4 atom stereocenters. The number of rotatable bonds is 5. The van der Waals surface area contributed by atoms with Crippen LogP contribution in [-0.2, 0) is 0 Å². The molecule has 160 valence electrons. The Morgan fingerprint density at radius 3 is 2.48 bits per heavy atom. The fourth-order valence-corrected chi connectivity index (χ4v) is 4.20. The van der Waals surface area contributed by atoms with Crippen LogP contribution in [0.4, 0.5) is 10.5 Å². The Labute approximate surface area is 172 Å². The number of ether oxygens (including phenoxy) is 1. The van der Waals surface area contributed by atoms with Crippen molar-refractivity contribution in [2.45, 2.75) is 49.7 Å². The zero-order valence-corrected chi connectivity index (χ0v) is 17.2. The maximum Gasteiger partial charge on any atom is 0.321 e. The van der Waals surface area contributed by atoms with Gasteiger partial charge in [-0.3, -0.25) is 4.90 Å². The molecule has 4 rings (SSSR count). The lowest BCUT2D eigenvalue weighted by molar-refractivity contribution is -0.0921. The summed E-state index contributed by atoms with van der Waals surface area (Å²) < 4.78 is 5.74. The first-order valence-electron chi connectivity index (χ1n) is 10.5. The van der Waals surface area contributed by atoms with Crippen LogP contribution in [0.3, 0.4) is 0 Å². The molecule has 2 unspecified atom stereocenters. The third kappa shape index (κ3) is 5.01. The van der Waals surface area contributed by atoms with Gasteiger partial charge in [-0.1, -0.05) is 0 Å². The molecule has 1 aromatic rings. The Hall–Kier alpha value is -1.87. The average Bonchev–Trinajstić information content (AvgIpc) is 3.48. The van der Waals surface area contributed by atoms with Crippen molar-refractivity contribution >= 4 is 11.7 Å². The normalized spacial score (nSPS) is 30.2. The first kappa shape index (κ1) is 20.4. The van der Waals surface area contributed by atoms with Crippen molar-refractivity contribution in [1.29, 1.82) is 0 Å². The number of nitrogens with zero attached hydrogens (tertiary/aromatic N) is 3. The number of aliphatic hydroxyl groups is 2. The quantitative estimate of drug-likeness (QED) is 0.673. The summed E-state index contributed by atoms with van der Waals surface area (Å²) in [5.41, 5.74) is 0.686.